The number of thioether (sulfide) groups is 1. The quantitative estimate of drug-likeness (QED) is 0.521. The van der Waals surface area contributed by atoms with E-state index in [0.29, 0.717) is 18.9 Å². The molecule has 0 atom stereocenters. The third-order valence-electron chi connectivity index (χ3n) is 5.66. The summed E-state index contributed by atoms with van der Waals surface area (Å²) >= 11 is 1.72. The van der Waals surface area contributed by atoms with Gasteiger partial charge < -0.3 is 4.90 Å². The van der Waals surface area contributed by atoms with Gasteiger partial charge >= 0.3 is 0 Å². The highest BCUT2D eigenvalue weighted by Crippen LogP contribution is 2.22. The lowest BCUT2D eigenvalue weighted by Gasteiger charge is -2.32. The van der Waals surface area contributed by atoms with Crippen molar-refractivity contribution in [1.29, 1.82) is 0 Å². The molecule has 4 rings (SSSR count). The number of hydrogen-bond donors (Lipinski definition) is 0. The lowest BCUT2D eigenvalue weighted by atomic mass is 9.96. The SMILES string of the molecule is O=C(CCSc1ccccc1)N1CCC(Cn2nc(-c3ccccc3)ccc2=O)CC1. The summed E-state index contributed by atoms with van der Waals surface area (Å²) in [5.41, 5.74) is 1.74. The summed E-state index contributed by atoms with van der Waals surface area (Å²) in [6.45, 7) is 2.12. The topological polar surface area (TPSA) is 55.2 Å². The highest BCUT2D eigenvalue weighted by atomic mass is 32.2. The molecular formula is C25H27N3O2S. The van der Waals surface area contributed by atoms with E-state index < -0.39 is 0 Å². The zero-order valence-electron chi connectivity index (χ0n) is 17.5. The number of nitrogens with zero attached hydrogens (tertiary/aromatic N) is 3. The van der Waals surface area contributed by atoms with Gasteiger partial charge in [0.1, 0.15) is 0 Å². The molecule has 0 bridgehead atoms. The Morgan fingerprint density at radius 1 is 0.935 bits per heavy atom. The highest BCUT2D eigenvalue weighted by molar-refractivity contribution is 7.99. The van der Waals surface area contributed by atoms with Gasteiger partial charge in [-0.25, -0.2) is 4.68 Å². The number of aromatic nitrogens is 2. The Labute approximate surface area is 187 Å². The van der Waals surface area contributed by atoms with Crippen molar-refractivity contribution in [3.05, 3.63) is 83.2 Å². The van der Waals surface area contributed by atoms with Gasteiger partial charge in [0.25, 0.3) is 5.56 Å². The predicted molar refractivity (Wildman–Crippen MR) is 125 cm³/mol. The Morgan fingerprint density at radius 3 is 2.32 bits per heavy atom. The van der Waals surface area contributed by atoms with Crippen LogP contribution in [0.4, 0.5) is 0 Å². The average molecular weight is 434 g/mol. The van der Waals surface area contributed by atoms with Crippen LogP contribution in [0, 0.1) is 5.92 Å². The van der Waals surface area contributed by atoms with Crippen LogP contribution in [0.5, 0.6) is 0 Å². The first kappa shape index (κ1) is 21.4. The highest BCUT2D eigenvalue weighted by Gasteiger charge is 2.23. The van der Waals surface area contributed by atoms with Gasteiger partial charge in [0.2, 0.25) is 5.91 Å². The molecule has 1 saturated heterocycles. The Bertz CT molecular complexity index is 1050. The number of carbonyl (C=O) groups is 1. The van der Waals surface area contributed by atoms with E-state index in [-0.39, 0.29) is 11.5 Å². The van der Waals surface area contributed by atoms with Gasteiger partial charge in [-0.3, -0.25) is 9.59 Å². The Morgan fingerprint density at radius 2 is 1.61 bits per heavy atom. The van der Waals surface area contributed by atoms with E-state index in [0.717, 1.165) is 42.9 Å². The van der Waals surface area contributed by atoms with Crippen molar-refractivity contribution in [3.63, 3.8) is 0 Å². The third kappa shape index (κ3) is 5.85. The maximum Gasteiger partial charge on any atom is 0.266 e. The molecule has 2 aromatic carbocycles. The normalized spacial score (nSPS) is 14.5. The minimum atomic E-state index is -0.0730. The van der Waals surface area contributed by atoms with Crippen LogP contribution >= 0.6 is 11.8 Å². The fourth-order valence-corrected chi connectivity index (χ4v) is 4.75. The molecule has 6 heteroatoms. The smallest absolute Gasteiger partial charge is 0.266 e. The van der Waals surface area contributed by atoms with Gasteiger partial charge in [0.05, 0.1) is 5.69 Å². The van der Waals surface area contributed by atoms with Crippen molar-refractivity contribution in [3.8, 4) is 11.3 Å². The number of benzene rings is 2. The maximum absolute atomic E-state index is 12.6. The van der Waals surface area contributed by atoms with Crippen molar-refractivity contribution < 1.29 is 4.79 Å². The van der Waals surface area contributed by atoms with Crippen molar-refractivity contribution >= 4 is 17.7 Å². The zero-order chi connectivity index (χ0) is 21.5. The monoisotopic (exact) mass is 433 g/mol. The van der Waals surface area contributed by atoms with Gasteiger partial charge in [-0.2, -0.15) is 5.10 Å². The number of rotatable bonds is 7. The summed E-state index contributed by atoms with van der Waals surface area (Å²) in [5, 5.41) is 4.58. The van der Waals surface area contributed by atoms with Crippen LogP contribution < -0.4 is 5.56 Å². The van der Waals surface area contributed by atoms with Gasteiger partial charge in [-0.1, -0.05) is 48.5 Å². The largest absolute Gasteiger partial charge is 0.343 e. The molecule has 1 aromatic heterocycles. The molecule has 160 valence electrons. The number of hydrogen-bond acceptors (Lipinski definition) is 4. The Kier molecular flexibility index (Phi) is 7.20. The van der Waals surface area contributed by atoms with Crippen LogP contribution in [0.3, 0.4) is 0 Å². The van der Waals surface area contributed by atoms with Crippen LogP contribution in [0.2, 0.25) is 0 Å². The molecule has 3 aromatic rings. The van der Waals surface area contributed by atoms with E-state index >= 15 is 0 Å². The lowest BCUT2D eigenvalue weighted by Crippen LogP contribution is -2.40. The van der Waals surface area contributed by atoms with Gasteiger partial charge in [0.15, 0.2) is 0 Å². The van der Waals surface area contributed by atoms with E-state index in [4.69, 9.17) is 0 Å². The van der Waals surface area contributed by atoms with Crippen LogP contribution in [0.15, 0.2) is 82.5 Å². The fourth-order valence-electron chi connectivity index (χ4n) is 3.88. The molecule has 1 amide bonds. The summed E-state index contributed by atoms with van der Waals surface area (Å²) in [6, 6.07) is 23.5. The van der Waals surface area contributed by atoms with Gasteiger partial charge in [-0.05, 0) is 37.0 Å². The molecule has 0 aliphatic carbocycles. The summed E-state index contributed by atoms with van der Waals surface area (Å²) in [4.78, 5) is 28.0. The predicted octanol–water partition coefficient (Wildman–Crippen LogP) is 4.33. The average Bonchev–Trinajstić information content (AvgIpc) is 2.82. The molecule has 1 aliphatic heterocycles. The molecule has 1 fully saturated rings. The van der Waals surface area contributed by atoms with E-state index in [2.05, 4.69) is 17.2 Å². The number of carbonyl (C=O) groups excluding carboxylic acids is 1. The first-order valence-corrected chi connectivity index (χ1v) is 11.8. The van der Waals surface area contributed by atoms with E-state index in [1.165, 1.54) is 4.90 Å². The molecule has 0 radical (unpaired) electrons. The first-order valence-electron chi connectivity index (χ1n) is 10.8. The van der Waals surface area contributed by atoms with E-state index in [9.17, 15) is 9.59 Å². The summed E-state index contributed by atoms with van der Waals surface area (Å²) in [7, 11) is 0. The first-order chi connectivity index (χ1) is 15.2. The van der Waals surface area contributed by atoms with Crippen molar-refractivity contribution in [1.82, 2.24) is 14.7 Å². The van der Waals surface area contributed by atoms with E-state index in [1.807, 2.05) is 53.4 Å². The van der Waals surface area contributed by atoms with Crippen molar-refractivity contribution in [2.24, 2.45) is 5.92 Å². The van der Waals surface area contributed by atoms with Crippen LogP contribution in [0.25, 0.3) is 11.3 Å². The third-order valence-corrected chi connectivity index (χ3v) is 6.68. The Balaban J connectivity index is 1.27. The molecule has 0 saturated carbocycles. The minimum absolute atomic E-state index is 0.0730. The summed E-state index contributed by atoms with van der Waals surface area (Å²) in [6.07, 6.45) is 2.37. The lowest BCUT2D eigenvalue weighted by molar-refractivity contribution is -0.132. The van der Waals surface area contributed by atoms with Crippen LogP contribution in [-0.4, -0.2) is 39.4 Å². The molecule has 0 N–H and O–H groups in total. The standard InChI is InChI=1S/C25H27N3O2S/c29-24(15-18-31-22-9-5-2-6-10-22)27-16-13-20(14-17-27)19-28-25(30)12-11-23(26-28)21-7-3-1-4-8-21/h1-12,20H,13-19H2. The van der Waals surface area contributed by atoms with Crippen molar-refractivity contribution in [2.75, 3.05) is 18.8 Å². The zero-order valence-corrected chi connectivity index (χ0v) is 18.3. The molecule has 2 heterocycles. The minimum Gasteiger partial charge on any atom is -0.343 e. The van der Waals surface area contributed by atoms with E-state index in [1.54, 1.807) is 28.6 Å². The molecule has 0 spiro atoms. The van der Waals surface area contributed by atoms with Crippen LogP contribution in [-0.2, 0) is 11.3 Å². The molecule has 0 unspecified atom stereocenters. The second-order valence-corrected chi connectivity index (χ2v) is 9.01. The summed E-state index contributed by atoms with van der Waals surface area (Å²) < 4.78 is 1.58. The molecule has 5 nitrogen and oxygen atoms in total. The molecular weight excluding hydrogens is 406 g/mol. The Hall–Kier alpha value is -2.86. The molecule has 31 heavy (non-hydrogen) atoms. The van der Waals surface area contributed by atoms with Crippen molar-refractivity contribution in [2.45, 2.75) is 30.7 Å². The van der Waals surface area contributed by atoms with Gasteiger partial charge in [-0.15, -0.1) is 11.8 Å². The summed E-state index contributed by atoms with van der Waals surface area (Å²) in [5.74, 6) is 1.39. The maximum atomic E-state index is 12.6. The van der Waals surface area contributed by atoms with Gasteiger partial charge in [0, 0.05) is 48.3 Å². The van der Waals surface area contributed by atoms with Crippen LogP contribution in [0.1, 0.15) is 19.3 Å². The second-order valence-electron chi connectivity index (χ2n) is 7.84. The number of likely N-dealkylation sites (tertiary alicyclic amines) is 1. The number of amides is 1. The fraction of sp³-hybridized carbons (Fsp3) is 0.320. The number of piperidine rings is 1. The molecule has 1 aliphatic rings. The second kappa shape index (κ2) is 10.4.